The second kappa shape index (κ2) is 7.17. The second-order valence-corrected chi connectivity index (χ2v) is 9.36. The van der Waals surface area contributed by atoms with Gasteiger partial charge in [-0.3, -0.25) is 0 Å². The lowest BCUT2D eigenvalue weighted by molar-refractivity contribution is -0.322. The summed E-state index contributed by atoms with van der Waals surface area (Å²) >= 11 is 0. The zero-order valence-electron chi connectivity index (χ0n) is 16.8. The summed E-state index contributed by atoms with van der Waals surface area (Å²) in [7, 11) is 0. The first kappa shape index (κ1) is 20.3. The van der Waals surface area contributed by atoms with Crippen molar-refractivity contribution < 1.29 is 24.8 Å². The van der Waals surface area contributed by atoms with Crippen LogP contribution in [0.25, 0.3) is 0 Å². The van der Waals surface area contributed by atoms with Crippen LogP contribution in [0.3, 0.4) is 0 Å². The Balaban J connectivity index is 1.71. The predicted octanol–water partition coefficient (Wildman–Crippen LogP) is 2.77. The Labute approximate surface area is 157 Å². The summed E-state index contributed by atoms with van der Waals surface area (Å²) in [6.45, 7) is 10.5. The first-order valence-electron chi connectivity index (χ1n) is 10.1. The van der Waals surface area contributed by atoms with Gasteiger partial charge in [0, 0.05) is 0 Å². The van der Waals surface area contributed by atoms with Gasteiger partial charge in [0.15, 0.2) is 6.29 Å². The number of rotatable bonds is 3. The van der Waals surface area contributed by atoms with E-state index in [1.54, 1.807) is 6.92 Å². The van der Waals surface area contributed by atoms with Crippen molar-refractivity contribution in [3.8, 4) is 0 Å². The van der Waals surface area contributed by atoms with Crippen molar-refractivity contribution in [3.05, 3.63) is 11.6 Å². The molecule has 0 bridgehead atoms. The van der Waals surface area contributed by atoms with Gasteiger partial charge >= 0.3 is 0 Å². The number of hydrogen-bond acceptors (Lipinski definition) is 5. The van der Waals surface area contributed by atoms with Crippen LogP contribution in [-0.4, -0.2) is 51.6 Å². The van der Waals surface area contributed by atoms with E-state index in [4.69, 9.17) is 9.47 Å². The zero-order chi connectivity index (χ0) is 19.3. The minimum atomic E-state index is -1.25. The molecule has 1 aliphatic heterocycles. The number of ether oxygens (including phenoxy) is 2. The molecule has 2 aliphatic carbocycles. The normalized spacial score (nSPS) is 47.2. The van der Waals surface area contributed by atoms with Gasteiger partial charge in [0.1, 0.15) is 18.3 Å². The van der Waals surface area contributed by atoms with Gasteiger partial charge in [0.2, 0.25) is 0 Å². The number of aliphatic hydroxyl groups is 3. The molecule has 1 spiro atoms. The maximum absolute atomic E-state index is 10.3. The van der Waals surface area contributed by atoms with E-state index in [0.29, 0.717) is 11.8 Å². The molecule has 3 rings (SSSR count). The Morgan fingerprint density at radius 2 is 1.81 bits per heavy atom. The Bertz CT molecular complexity index is 545. The van der Waals surface area contributed by atoms with Gasteiger partial charge in [-0.25, -0.2) is 0 Å². The van der Waals surface area contributed by atoms with Crippen LogP contribution < -0.4 is 0 Å². The topological polar surface area (TPSA) is 79.2 Å². The SMILES string of the molecule is CC1=CCC[C@H](C)[C@@]12CC[C@@H](C(C)(C)O[C@@H]1O[C@H](C)[C@H](O)[C@H](O)[C@H]1O)C2. The fraction of sp³-hybridized carbons (Fsp3) is 0.905. The first-order chi connectivity index (χ1) is 12.1. The average Bonchev–Trinajstić information content (AvgIpc) is 3.03. The van der Waals surface area contributed by atoms with Gasteiger partial charge in [-0.1, -0.05) is 18.6 Å². The van der Waals surface area contributed by atoms with Crippen LogP contribution in [0.15, 0.2) is 11.6 Å². The molecule has 0 aromatic heterocycles. The highest BCUT2D eigenvalue weighted by molar-refractivity contribution is 5.20. The molecule has 5 heteroatoms. The minimum absolute atomic E-state index is 0.276. The van der Waals surface area contributed by atoms with Crippen molar-refractivity contribution in [2.24, 2.45) is 17.3 Å². The van der Waals surface area contributed by atoms with E-state index in [1.807, 2.05) is 0 Å². The fourth-order valence-corrected chi connectivity index (χ4v) is 5.40. The van der Waals surface area contributed by atoms with Crippen LogP contribution in [0.5, 0.6) is 0 Å². The standard InChI is InChI=1S/C21H36O5/c1-12-7-6-8-13(2)21(12)10-9-15(11-21)20(4,5)26-19-18(24)17(23)16(22)14(3)25-19/h7,13-19,22-24H,6,8-11H2,1-5H3/t13-,14+,15+,16-,17-,18+,19-,21+/m0/s1. The summed E-state index contributed by atoms with van der Waals surface area (Å²) in [5.41, 5.74) is 1.32. The van der Waals surface area contributed by atoms with Crippen LogP contribution in [0.1, 0.15) is 66.7 Å². The molecule has 3 aliphatic rings. The van der Waals surface area contributed by atoms with Crippen LogP contribution in [0.4, 0.5) is 0 Å². The Morgan fingerprint density at radius 3 is 2.46 bits per heavy atom. The number of hydrogen-bond donors (Lipinski definition) is 3. The molecule has 1 saturated heterocycles. The van der Waals surface area contributed by atoms with Gasteiger partial charge in [-0.15, -0.1) is 0 Å². The van der Waals surface area contributed by atoms with E-state index in [2.05, 4.69) is 33.8 Å². The molecule has 1 saturated carbocycles. The maximum Gasteiger partial charge on any atom is 0.187 e. The average molecular weight is 369 g/mol. The molecule has 3 N–H and O–H groups in total. The monoisotopic (exact) mass is 368 g/mol. The zero-order valence-corrected chi connectivity index (χ0v) is 16.8. The lowest BCUT2D eigenvalue weighted by atomic mass is 9.64. The van der Waals surface area contributed by atoms with Crippen LogP contribution in [0, 0.1) is 17.3 Å². The second-order valence-electron chi connectivity index (χ2n) is 9.36. The first-order valence-corrected chi connectivity index (χ1v) is 10.1. The molecular formula is C21H36O5. The Hall–Kier alpha value is -0.460. The summed E-state index contributed by atoms with van der Waals surface area (Å²) in [4.78, 5) is 0. The molecule has 150 valence electrons. The van der Waals surface area contributed by atoms with Crippen LogP contribution in [0.2, 0.25) is 0 Å². The summed E-state index contributed by atoms with van der Waals surface area (Å²) in [5.74, 6) is 1.04. The number of aliphatic hydroxyl groups excluding tert-OH is 3. The van der Waals surface area contributed by atoms with E-state index >= 15 is 0 Å². The molecule has 0 radical (unpaired) electrons. The molecule has 0 aromatic rings. The minimum Gasteiger partial charge on any atom is -0.388 e. The van der Waals surface area contributed by atoms with Gasteiger partial charge in [0.05, 0.1) is 11.7 Å². The highest BCUT2D eigenvalue weighted by Gasteiger charge is 2.51. The predicted molar refractivity (Wildman–Crippen MR) is 99.4 cm³/mol. The van der Waals surface area contributed by atoms with Gasteiger partial charge in [0.25, 0.3) is 0 Å². The van der Waals surface area contributed by atoms with E-state index in [-0.39, 0.29) is 5.41 Å². The van der Waals surface area contributed by atoms with Gasteiger partial charge in [-0.05, 0) is 77.0 Å². The van der Waals surface area contributed by atoms with Crippen molar-refractivity contribution in [2.45, 2.75) is 103 Å². The highest BCUT2D eigenvalue weighted by Crippen LogP contribution is 2.57. The Morgan fingerprint density at radius 1 is 1.12 bits per heavy atom. The molecule has 1 heterocycles. The largest absolute Gasteiger partial charge is 0.388 e. The smallest absolute Gasteiger partial charge is 0.187 e. The molecule has 2 fully saturated rings. The van der Waals surface area contributed by atoms with Gasteiger partial charge < -0.3 is 24.8 Å². The lowest BCUT2D eigenvalue weighted by Crippen LogP contribution is -2.59. The van der Waals surface area contributed by atoms with E-state index in [1.165, 1.54) is 24.8 Å². The van der Waals surface area contributed by atoms with Crippen molar-refractivity contribution in [1.29, 1.82) is 0 Å². The van der Waals surface area contributed by atoms with E-state index in [0.717, 1.165) is 12.8 Å². The van der Waals surface area contributed by atoms with Crippen LogP contribution in [-0.2, 0) is 9.47 Å². The molecule has 26 heavy (non-hydrogen) atoms. The molecule has 0 aromatic carbocycles. The van der Waals surface area contributed by atoms with E-state index < -0.39 is 36.3 Å². The van der Waals surface area contributed by atoms with Crippen molar-refractivity contribution in [2.75, 3.05) is 0 Å². The van der Waals surface area contributed by atoms with Crippen LogP contribution >= 0.6 is 0 Å². The third-order valence-electron chi connectivity index (χ3n) is 7.54. The molecule has 0 amide bonds. The summed E-state index contributed by atoms with van der Waals surface area (Å²) in [6, 6.07) is 0. The highest BCUT2D eigenvalue weighted by atomic mass is 16.7. The van der Waals surface area contributed by atoms with Crippen molar-refractivity contribution >= 4 is 0 Å². The molecule has 8 atom stereocenters. The molecule has 5 nitrogen and oxygen atoms in total. The van der Waals surface area contributed by atoms with Crippen molar-refractivity contribution in [3.63, 3.8) is 0 Å². The lowest BCUT2D eigenvalue weighted by Gasteiger charge is -2.45. The van der Waals surface area contributed by atoms with Crippen molar-refractivity contribution in [1.82, 2.24) is 0 Å². The van der Waals surface area contributed by atoms with E-state index in [9.17, 15) is 15.3 Å². The summed E-state index contributed by atoms with van der Waals surface area (Å²) in [6.07, 6.45) is 3.10. The van der Waals surface area contributed by atoms with Gasteiger partial charge in [-0.2, -0.15) is 0 Å². The molecule has 0 unspecified atom stereocenters. The number of allylic oxidation sites excluding steroid dienone is 2. The summed E-state index contributed by atoms with van der Waals surface area (Å²) in [5, 5.41) is 30.2. The molecular weight excluding hydrogens is 332 g/mol. The summed E-state index contributed by atoms with van der Waals surface area (Å²) < 4.78 is 11.9. The fourth-order valence-electron chi connectivity index (χ4n) is 5.40. The third-order valence-corrected chi connectivity index (χ3v) is 7.54. The quantitative estimate of drug-likeness (QED) is 0.668. The Kier molecular flexibility index (Phi) is 5.59. The third kappa shape index (κ3) is 3.37. The maximum atomic E-state index is 10.3.